The van der Waals surface area contributed by atoms with Crippen molar-refractivity contribution in [3.63, 3.8) is 0 Å². The molecule has 2 unspecified atom stereocenters. The van der Waals surface area contributed by atoms with Gasteiger partial charge in [0, 0.05) is 27.8 Å². The molecule has 3 heterocycles. The minimum absolute atomic E-state index is 0.154. The molecule has 5 amide bonds. The molecule has 2 atom stereocenters. The molecule has 8 nitrogen and oxygen atoms in total. The maximum atomic E-state index is 13.1. The molecule has 2 aromatic rings. The number of rotatable bonds is 3. The molecule has 2 saturated heterocycles. The fourth-order valence-corrected chi connectivity index (χ4v) is 4.88. The molecule has 4 rings (SSSR count). The van der Waals surface area contributed by atoms with Gasteiger partial charge in [-0.15, -0.1) is 11.3 Å². The smallest absolute Gasteiger partial charge is 0.253 e. The number of hydrogen-bond acceptors (Lipinski definition) is 6. The van der Waals surface area contributed by atoms with Crippen molar-refractivity contribution in [2.75, 3.05) is 0 Å². The Labute approximate surface area is 163 Å². The number of amides is 5. The van der Waals surface area contributed by atoms with Crippen molar-refractivity contribution in [1.82, 2.24) is 16.0 Å². The van der Waals surface area contributed by atoms with Gasteiger partial charge in [-0.05, 0) is 18.9 Å². The molecule has 0 aliphatic carbocycles. The summed E-state index contributed by atoms with van der Waals surface area (Å²) >= 11 is 1.34. The number of fused-ring (bicyclic) bond motifs is 1. The highest BCUT2D eigenvalue weighted by Crippen LogP contribution is 2.39. The Balaban J connectivity index is 1.70. The number of carbonyl (C=O) groups is 5. The van der Waals surface area contributed by atoms with Crippen LogP contribution in [0.25, 0.3) is 10.1 Å². The Morgan fingerprint density at radius 1 is 0.964 bits per heavy atom. The summed E-state index contributed by atoms with van der Waals surface area (Å²) in [6, 6.07) is 6.48. The fourth-order valence-electron chi connectivity index (χ4n) is 3.55. The molecule has 0 radical (unpaired) electrons. The molecule has 0 spiro atoms. The van der Waals surface area contributed by atoms with Crippen LogP contribution in [0, 0.1) is 0 Å². The van der Waals surface area contributed by atoms with E-state index in [4.69, 9.17) is 0 Å². The van der Waals surface area contributed by atoms with E-state index in [0.717, 1.165) is 4.70 Å². The number of benzene rings is 1. The summed E-state index contributed by atoms with van der Waals surface area (Å²) in [6.45, 7) is 0. The average molecular weight is 399 g/mol. The van der Waals surface area contributed by atoms with Crippen LogP contribution in [-0.4, -0.2) is 35.6 Å². The van der Waals surface area contributed by atoms with Gasteiger partial charge in [0.15, 0.2) is 0 Å². The lowest BCUT2D eigenvalue weighted by Gasteiger charge is -2.23. The van der Waals surface area contributed by atoms with Crippen LogP contribution in [0.15, 0.2) is 24.3 Å². The number of imide groups is 2. The van der Waals surface area contributed by atoms with Gasteiger partial charge in [0.05, 0.1) is 11.5 Å². The molecule has 3 N–H and O–H groups in total. The maximum absolute atomic E-state index is 13.1. The molecule has 144 valence electrons. The summed E-state index contributed by atoms with van der Waals surface area (Å²) in [7, 11) is 0. The molecular weight excluding hydrogens is 382 g/mol. The van der Waals surface area contributed by atoms with Crippen LogP contribution >= 0.6 is 11.3 Å². The highest BCUT2D eigenvalue weighted by Gasteiger charge is 2.35. The molecule has 28 heavy (non-hydrogen) atoms. The van der Waals surface area contributed by atoms with Gasteiger partial charge in [-0.3, -0.25) is 34.6 Å². The minimum Gasteiger partial charge on any atom is -0.340 e. The zero-order valence-electron chi connectivity index (χ0n) is 14.7. The summed E-state index contributed by atoms with van der Waals surface area (Å²) in [4.78, 5) is 60.8. The van der Waals surface area contributed by atoms with Gasteiger partial charge >= 0.3 is 0 Å². The average Bonchev–Trinajstić information content (AvgIpc) is 3.03. The van der Waals surface area contributed by atoms with Crippen LogP contribution in [0.4, 0.5) is 0 Å². The molecule has 9 heteroatoms. The predicted octanol–water partition coefficient (Wildman–Crippen LogP) is 0.957. The Kier molecular flexibility index (Phi) is 4.68. The second-order valence-corrected chi connectivity index (χ2v) is 7.90. The Hall–Kier alpha value is -3.07. The molecule has 0 saturated carbocycles. The first-order chi connectivity index (χ1) is 13.4. The van der Waals surface area contributed by atoms with Crippen LogP contribution in [-0.2, 0) is 19.2 Å². The van der Waals surface area contributed by atoms with Gasteiger partial charge in [0.1, 0.15) is 6.04 Å². The number of piperidine rings is 2. The molecule has 1 aromatic heterocycles. The lowest BCUT2D eigenvalue weighted by Crippen LogP contribution is -2.52. The summed E-state index contributed by atoms with van der Waals surface area (Å²) in [5, 5.41) is 7.93. The molecular formula is C19H17N3O5S. The van der Waals surface area contributed by atoms with Gasteiger partial charge < -0.3 is 5.32 Å². The van der Waals surface area contributed by atoms with E-state index in [9.17, 15) is 24.0 Å². The van der Waals surface area contributed by atoms with Gasteiger partial charge in [0.2, 0.25) is 23.6 Å². The van der Waals surface area contributed by atoms with Crippen molar-refractivity contribution in [3.8, 4) is 0 Å². The second-order valence-electron chi connectivity index (χ2n) is 6.82. The van der Waals surface area contributed by atoms with Gasteiger partial charge in [-0.1, -0.05) is 18.2 Å². The van der Waals surface area contributed by atoms with Crippen molar-refractivity contribution in [1.29, 1.82) is 0 Å². The first-order valence-electron chi connectivity index (χ1n) is 8.93. The summed E-state index contributed by atoms with van der Waals surface area (Å²) in [6.07, 6.45) is 0.919. The summed E-state index contributed by atoms with van der Waals surface area (Å²) < 4.78 is 0.843. The quantitative estimate of drug-likeness (QED) is 0.664. The molecule has 2 aliphatic rings. The predicted molar refractivity (Wildman–Crippen MR) is 101 cm³/mol. The highest BCUT2D eigenvalue weighted by molar-refractivity contribution is 7.19. The maximum Gasteiger partial charge on any atom is 0.253 e. The number of thiophene rings is 1. The number of nitrogens with one attached hydrogen (secondary N) is 3. The van der Waals surface area contributed by atoms with E-state index in [1.807, 2.05) is 12.1 Å². The third kappa shape index (κ3) is 3.29. The lowest BCUT2D eigenvalue weighted by atomic mass is 9.92. The van der Waals surface area contributed by atoms with Gasteiger partial charge in [0.25, 0.3) is 5.91 Å². The summed E-state index contributed by atoms with van der Waals surface area (Å²) in [5.41, 5.74) is 0.347. The minimum atomic E-state index is -0.807. The number of hydrogen-bond donors (Lipinski definition) is 3. The van der Waals surface area contributed by atoms with Crippen LogP contribution in [0.5, 0.6) is 0 Å². The molecule has 1 aromatic carbocycles. The van der Waals surface area contributed by atoms with E-state index in [-0.39, 0.29) is 31.1 Å². The topological polar surface area (TPSA) is 121 Å². The fraction of sp³-hybridized carbons (Fsp3) is 0.316. The standard InChI is InChI=1S/C19H17N3O5S/c23-13-7-5-10(17(25)21-13)16-15(9-3-1-2-4-12(9)28-16)19(27)20-11-6-8-14(24)22-18(11)26/h1-4,10-11H,5-8H2,(H,20,27)(H,21,23,25)(H,22,24,26). The SMILES string of the molecule is O=C1CCC(NC(=O)c2c(C3CCC(=O)NC3=O)sc3ccccc23)C(=O)N1. The van der Waals surface area contributed by atoms with Crippen molar-refractivity contribution < 1.29 is 24.0 Å². The summed E-state index contributed by atoms with van der Waals surface area (Å²) in [5.74, 6) is -2.70. The van der Waals surface area contributed by atoms with Crippen molar-refractivity contribution in [3.05, 3.63) is 34.7 Å². The van der Waals surface area contributed by atoms with Gasteiger partial charge in [-0.25, -0.2) is 0 Å². The van der Waals surface area contributed by atoms with Crippen molar-refractivity contribution >= 4 is 51.0 Å². The van der Waals surface area contributed by atoms with Crippen LogP contribution in [0.1, 0.15) is 46.8 Å². The Bertz CT molecular complexity index is 1030. The van der Waals surface area contributed by atoms with E-state index in [0.29, 0.717) is 22.2 Å². The van der Waals surface area contributed by atoms with Crippen LogP contribution in [0.2, 0.25) is 0 Å². The van der Waals surface area contributed by atoms with Crippen molar-refractivity contribution in [2.45, 2.75) is 37.6 Å². The Morgan fingerprint density at radius 2 is 1.64 bits per heavy atom. The largest absolute Gasteiger partial charge is 0.340 e. The molecule has 0 bridgehead atoms. The highest BCUT2D eigenvalue weighted by atomic mass is 32.1. The van der Waals surface area contributed by atoms with E-state index in [2.05, 4.69) is 16.0 Å². The van der Waals surface area contributed by atoms with Crippen LogP contribution in [0.3, 0.4) is 0 Å². The van der Waals surface area contributed by atoms with E-state index < -0.39 is 29.7 Å². The first-order valence-corrected chi connectivity index (χ1v) is 9.75. The third-order valence-electron chi connectivity index (χ3n) is 4.95. The second kappa shape index (κ2) is 7.16. The first kappa shape index (κ1) is 18.3. The zero-order chi connectivity index (χ0) is 19.8. The monoisotopic (exact) mass is 399 g/mol. The normalized spacial score (nSPS) is 22.7. The number of carbonyl (C=O) groups excluding carboxylic acids is 5. The zero-order valence-corrected chi connectivity index (χ0v) is 15.6. The van der Waals surface area contributed by atoms with E-state index >= 15 is 0 Å². The Morgan fingerprint density at radius 3 is 2.36 bits per heavy atom. The van der Waals surface area contributed by atoms with E-state index in [1.54, 1.807) is 12.1 Å². The van der Waals surface area contributed by atoms with Gasteiger partial charge in [-0.2, -0.15) is 0 Å². The van der Waals surface area contributed by atoms with Crippen molar-refractivity contribution in [2.24, 2.45) is 0 Å². The molecule has 2 aliphatic heterocycles. The van der Waals surface area contributed by atoms with Crippen LogP contribution < -0.4 is 16.0 Å². The van der Waals surface area contributed by atoms with E-state index in [1.165, 1.54) is 11.3 Å². The lowest BCUT2D eigenvalue weighted by molar-refractivity contribution is -0.136. The third-order valence-corrected chi connectivity index (χ3v) is 6.23. The molecule has 2 fully saturated rings.